The molecule has 0 N–H and O–H groups in total. The molecular weight excluding hydrogens is 143 g/mol. The Morgan fingerprint density at radius 2 is 1.45 bits per heavy atom. The minimum Gasteiger partial charge on any atom is -0.318 e. The van der Waals surface area contributed by atoms with Gasteiger partial charge in [-0.1, -0.05) is 46.0 Å². The normalized spacial score (nSPS) is 22.9. The zero-order valence-electron chi connectivity index (χ0n) is 8.54. The van der Waals surface area contributed by atoms with Crippen LogP contribution in [0.15, 0.2) is 0 Å². The molecule has 0 aromatic carbocycles. The van der Waals surface area contributed by atoms with Crippen LogP contribution in [0, 0.1) is 5.54 Å². The monoisotopic (exact) mass is 162 g/mol. The van der Waals surface area contributed by atoms with Crippen molar-refractivity contribution in [2.45, 2.75) is 51.7 Å². The van der Waals surface area contributed by atoms with E-state index in [0.29, 0.717) is 0 Å². The summed E-state index contributed by atoms with van der Waals surface area (Å²) in [5, 5.41) is 0. The van der Waals surface area contributed by atoms with Gasteiger partial charge >= 0.3 is 18.9 Å². The van der Waals surface area contributed by atoms with Crippen molar-refractivity contribution in [2.24, 2.45) is 0 Å². The molecule has 0 radical (unpaired) electrons. The predicted octanol–water partition coefficient (Wildman–Crippen LogP) is 0.406. The maximum Gasteiger partial charge on any atom is 1.00 e. The molecule has 1 aliphatic heterocycles. The summed E-state index contributed by atoms with van der Waals surface area (Å²) in [5.74, 6) is 0. The van der Waals surface area contributed by atoms with E-state index in [1.807, 2.05) is 0 Å². The van der Waals surface area contributed by atoms with E-state index in [-0.39, 0.29) is 18.9 Å². The van der Waals surface area contributed by atoms with Gasteiger partial charge in [0.1, 0.15) is 0 Å². The molecule has 0 aliphatic carbocycles. The molecule has 1 heterocycles. The van der Waals surface area contributed by atoms with Crippen molar-refractivity contribution in [3.8, 4) is 0 Å². The fourth-order valence-corrected chi connectivity index (χ4v) is 5.14. The fourth-order valence-electron chi connectivity index (χ4n) is 1.83. The molecule has 1 rings (SSSR count). The second-order valence-corrected chi connectivity index (χ2v) is 9.24. The third kappa shape index (κ3) is 2.97. The third-order valence-electron chi connectivity index (χ3n) is 3.16. The summed E-state index contributed by atoms with van der Waals surface area (Å²) in [6.45, 7) is 7.25. The van der Waals surface area contributed by atoms with E-state index in [4.69, 9.17) is 0 Å². The van der Waals surface area contributed by atoms with Crippen LogP contribution in [0.25, 0.3) is 0 Å². The summed E-state index contributed by atoms with van der Waals surface area (Å²) in [7, 11) is -0.797. The van der Waals surface area contributed by atoms with E-state index in [0.717, 1.165) is 0 Å². The van der Waals surface area contributed by atoms with Crippen LogP contribution in [0.1, 0.15) is 33.1 Å². The van der Waals surface area contributed by atoms with Crippen molar-refractivity contribution < 1.29 is 18.9 Å². The molecule has 0 bridgehead atoms. The van der Waals surface area contributed by atoms with Crippen LogP contribution >= 0.6 is 0 Å². The van der Waals surface area contributed by atoms with Crippen LogP contribution in [0.2, 0.25) is 18.6 Å². The van der Waals surface area contributed by atoms with Gasteiger partial charge in [-0.05, 0) is 0 Å². The minimum absolute atomic E-state index is 0. The molecule has 0 aromatic heterocycles. The molecular formula is C9H19LiSi. The number of hydrogen-bond acceptors (Lipinski definition) is 0. The van der Waals surface area contributed by atoms with Gasteiger partial charge in [0.2, 0.25) is 0 Å². The van der Waals surface area contributed by atoms with Crippen molar-refractivity contribution in [1.82, 2.24) is 0 Å². The minimum atomic E-state index is -0.797. The first kappa shape index (κ1) is 11.8. The standard InChI is InChI=1S/C9H19Si.Li/c1-9(2)10(3)7-5-4-6-8-10;/h4-8H2,1-3H3;/q-1;+1. The summed E-state index contributed by atoms with van der Waals surface area (Å²) >= 11 is 0. The van der Waals surface area contributed by atoms with Gasteiger partial charge < -0.3 is 5.54 Å². The topological polar surface area (TPSA) is 0 Å². The van der Waals surface area contributed by atoms with Crippen molar-refractivity contribution >= 4 is 8.07 Å². The molecule has 0 saturated carbocycles. The Morgan fingerprint density at radius 1 is 1.00 bits per heavy atom. The molecule has 1 aliphatic rings. The Hall–Kier alpha value is 0.814. The molecule has 2 heteroatoms. The van der Waals surface area contributed by atoms with Gasteiger partial charge in [0.25, 0.3) is 0 Å². The van der Waals surface area contributed by atoms with Crippen LogP contribution in [-0.4, -0.2) is 8.07 Å². The smallest absolute Gasteiger partial charge is 0.318 e. The fraction of sp³-hybridized carbons (Fsp3) is 0.889. The molecule has 1 fully saturated rings. The Kier molecular flexibility index (Phi) is 5.10. The van der Waals surface area contributed by atoms with Gasteiger partial charge in [0, 0.05) is 0 Å². The third-order valence-corrected chi connectivity index (χ3v) is 8.49. The van der Waals surface area contributed by atoms with E-state index in [9.17, 15) is 0 Å². The molecule has 0 unspecified atom stereocenters. The van der Waals surface area contributed by atoms with Crippen LogP contribution in [0.3, 0.4) is 0 Å². The maximum atomic E-state index is 2.56. The average Bonchev–Trinajstić information content (AvgIpc) is 1.89. The maximum absolute atomic E-state index is 2.56. The molecule has 0 atom stereocenters. The van der Waals surface area contributed by atoms with E-state index >= 15 is 0 Å². The zero-order chi connectivity index (χ0) is 7.61. The molecule has 0 aromatic rings. The van der Waals surface area contributed by atoms with Crippen LogP contribution in [0.5, 0.6) is 0 Å². The Labute approximate surface area is 84.3 Å². The second-order valence-electron chi connectivity index (χ2n) is 4.12. The summed E-state index contributed by atoms with van der Waals surface area (Å²) in [4.78, 5) is 0. The first-order valence-corrected chi connectivity index (χ1v) is 7.37. The summed E-state index contributed by atoms with van der Waals surface area (Å²) in [5.41, 5.74) is 1.77. The molecule has 60 valence electrons. The van der Waals surface area contributed by atoms with Gasteiger partial charge in [-0.25, -0.2) is 0 Å². The van der Waals surface area contributed by atoms with E-state index in [2.05, 4.69) is 20.4 Å². The van der Waals surface area contributed by atoms with E-state index in [1.165, 1.54) is 19.3 Å². The van der Waals surface area contributed by atoms with Gasteiger partial charge in [-0.2, -0.15) is 13.8 Å². The molecule has 11 heavy (non-hydrogen) atoms. The number of rotatable bonds is 1. The first-order chi connectivity index (χ1) is 4.65. The van der Waals surface area contributed by atoms with Crippen molar-refractivity contribution in [1.29, 1.82) is 0 Å². The molecule has 0 spiro atoms. The van der Waals surface area contributed by atoms with Crippen molar-refractivity contribution in [3.63, 3.8) is 0 Å². The van der Waals surface area contributed by atoms with Crippen molar-refractivity contribution in [2.75, 3.05) is 0 Å². The number of hydrogen-bond donors (Lipinski definition) is 0. The SMILES string of the molecule is C[C-](C)[Si]1(C)CCCCC1.[Li+]. The van der Waals surface area contributed by atoms with Crippen molar-refractivity contribution in [3.05, 3.63) is 5.54 Å². The van der Waals surface area contributed by atoms with Crippen LogP contribution < -0.4 is 18.9 Å². The summed E-state index contributed by atoms with van der Waals surface area (Å²) in [6.07, 6.45) is 4.51. The van der Waals surface area contributed by atoms with E-state index < -0.39 is 8.07 Å². The molecule has 1 saturated heterocycles. The first-order valence-electron chi connectivity index (χ1n) is 4.46. The van der Waals surface area contributed by atoms with E-state index in [1.54, 1.807) is 17.6 Å². The second kappa shape index (κ2) is 4.75. The molecule has 0 nitrogen and oxygen atoms in total. The Balaban J connectivity index is 0.000001000. The van der Waals surface area contributed by atoms with Gasteiger partial charge in [-0.15, -0.1) is 0 Å². The Morgan fingerprint density at radius 3 is 1.73 bits per heavy atom. The van der Waals surface area contributed by atoms with Gasteiger partial charge in [0.15, 0.2) is 0 Å². The summed E-state index contributed by atoms with van der Waals surface area (Å²) < 4.78 is 0. The Bertz CT molecular complexity index is 106. The molecule has 0 amide bonds. The largest absolute Gasteiger partial charge is 1.00 e. The zero-order valence-corrected chi connectivity index (χ0v) is 9.54. The van der Waals surface area contributed by atoms with Gasteiger partial charge in [-0.3, -0.25) is 0 Å². The van der Waals surface area contributed by atoms with Gasteiger partial charge in [0.05, 0.1) is 0 Å². The van der Waals surface area contributed by atoms with Crippen LogP contribution in [-0.2, 0) is 0 Å². The quantitative estimate of drug-likeness (QED) is 0.387. The summed E-state index contributed by atoms with van der Waals surface area (Å²) in [6, 6.07) is 3.13. The van der Waals surface area contributed by atoms with Crippen LogP contribution in [0.4, 0.5) is 0 Å². The average molecular weight is 162 g/mol. The predicted molar refractivity (Wildman–Crippen MR) is 49.7 cm³/mol.